The van der Waals surface area contributed by atoms with E-state index in [4.69, 9.17) is 5.26 Å². The van der Waals surface area contributed by atoms with Gasteiger partial charge in [0.15, 0.2) is 0 Å². The summed E-state index contributed by atoms with van der Waals surface area (Å²) in [5.74, 6) is 1.10. The smallest absolute Gasteiger partial charge is 0.0992 e. The van der Waals surface area contributed by atoms with E-state index in [1.165, 1.54) is 5.39 Å². The number of fused-ring (bicyclic) bond motifs is 1. The summed E-state index contributed by atoms with van der Waals surface area (Å²) in [6.45, 7) is 1.000. The van der Waals surface area contributed by atoms with Gasteiger partial charge in [-0.25, -0.2) is 0 Å². The van der Waals surface area contributed by atoms with Crippen molar-refractivity contribution in [1.82, 2.24) is 4.57 Å². The minimum Gasteiger partial charge on any atom is -0.347 e. The Labute approximate surface area is 93.5 Å². The maximum absolute atomic E-state index is 8.84. The van der Waals surface area contributed by atoms with E-state index in [0.717, 1.165) is 23.4 Å². The number of thioether (sulfide) groups is 1. The molecule has 0 fully saturated rings. The van der Waals surface area contributed by atoms with Crippen LogP contribution in [0.1, 0.15) is 5.56 Å². The van der Waals surface area contributed by atoms with Gasteiger partial charge in [-0.2, -0.15) is 17.0 Å². The fourth-order valence-corrected chi connectivity index (χ4v) is 2.02. The number of aromatic nitrogens is 1. The summed E-state index contributed by atoms with van der Waals surface area (Å²) in [5.41, 5.74) is 1.88. The lowest BCUT2D eigenvalue weighted by molar-refractivity contribution is 0.808. The van der Waals surface area contributed by atoms with Crippen LogP contribution in [0.15, 0.2) is 30.5 Å². The highest BCUT2D eigenvalue weighted by Gasteiger charge is 2.01. The van der Waals surface area contributed by atoms with Crippen LogP contribution in [-0.2, 0) is 6.54 Å². The Hall–Kier alpha value is -1.40. The molecule has 1 aromatic carbocycles. The van der Waals surface area contributed by atoms with E-state index in [2.05, 4.69) is 29.2 Å². The number of hydrogen-bond acceptors (Lipinski definition) is 2. The lowest BCUT2D eigenvalue weighted by Gasteiger charge is -2.03. The van der Waals surface area contributed by atoms with Crippen LogP contribution in [0.4, 0.5) is 0 Å². The molecule has 0 atom stereocenters. The van der Waals surface area contributed by atoms with E-state index in [1.54, 1.807) is 0 Å². The third-order valence-electron chi connectivity index (χ3n) is 2.44. The molecule has 2 rings (SSSR count). The Morgan fingerprint density at radius 1 is 1.40 bits per heavy atom. The number of rotatable bonds is 3. The molecule has 0 N–H and O–H groups in total. The minimum absolute atomic E-state index is 0.728. The Bertz CT molecular complexity index is 508. The Balaban J connectivity index is 2.43. The molecule has 15 heavy (non-hydrogen) atoms. The van der Waals surface area contributed by atoms with Crippen molar-refractivity contribution >= 4 is 22.7 Å². The summed E-state index contributed by atoms with van der Waals surface area (Å²) < 4.78 is 2.20. The van der Waals surface area contributed by atoms with Gasteiger partial charge in [0.1, 0.15) is 0 Å². The first-order chi connectivity index (χ1) is 7.35. The second-order valence-electron chi connectivity index (χ2n) is 3.39. The zero-order valence-corrected chi connectivity index (χ0v) is 9.42. The average Bonchev–Trinajstić information content (AvgIpc) is 2.68. The normalized spacial score (nSPS) is 10.4. The Morgan fingerprint density at radius 2 is 2.27 bits per heavy atom. The molecule has 0 radical (unpaired) electrons. The van der Waals surface area contributed by atoms with Gasteiger partial charge in [0.05, 0.1) is 11.6 Å². The monoisotopic (exact) mass is 216 g/mol. The van der Waals surface area contributed by atoms with Gasteiger partial charge >= 0.3 is 0 Å². The van der Waals surface area contributed by atoms with Crippen LogP contribution in [-0.4, -0.2) is 16.6 Å². The van der Waals surface area contributed by atoms with Crippen molar-refractivity contribution < 1.29 is 0 Å². The topological polar surface area (TPSA) is 28.7 Å². The summed E-state index contributed by atoms with van der Waals surface area (Å²) in [4.78, 5) is 0. The summed E-state index contributed by atoms with van der Waals surface area (Å²) >= 11 is 1.83. The van der Waals surface area contributed by atoms with Gasteiger partial charge < -0.3 is 4.57 Å². The highest BCUT2D eigenvalue weighted by molar-refractivity contribution is 7.98. The first-order valence-electron chi connectivity index (χ1n) is 4.83. The van der Waals surface area contributed by atoms with Gasteiger partial charge in [-0.15, -0.1) is 0 Å². The number of nitriles is 1. The lowest BCUT2D eigenvalue weighted by atomic mass is 10.2. The molecule has 0 aliphatic carbocycles. The second-order valence-corrected chi connectivity index (χ2v) is 4.37. The summed E-state index contributed by atoms with van der Waals surface area (Å²) in [6.07, 6.45) is 4.19. The molecule has 1 aromatic heterocycles. The zero-order valence-electron chi connectivity index (χ0n) is 8.60. The van der Waals surface area contributed by atoms with Crippen LogP contribution < -0.4 is 0 Å². The third-order valence-corrected chi connectivity index (χ3v) is 3.03. The van der Waals surface area contributed by atoms with Gasteiger partial charge in [-0.3, -0.25) is 0 Å². The maximum Gasteiger partial charge on any atom is 0.0992 e. The zero-order chi connectivity index (χ0) is 10.7. The molecule has 0 amide bonds. The summed E-state index contributed by atoms with van der Waals surface area (Å²) in [5, 5.41) is 10.0. The van der Waals surface area contributed by atoms with Crippen LogP contribution in [0.3, 0.4) is 0 Å². The van der Waals surface area contributed by atoms with Crippen molar-refractivity contribution in [2.24, 2.45) is 0 Å². The summed E-state index contributed by atoms with van der Waals surface area (Å²) in [6, 6.07) is 10.1. The molecule has 0 bridgehead atoms. The molecule has 0 aliphatic rings. The highest BCUT2D eigenvalue weighted by Crippen LogP contribution is 2.17. The largest absolute Gasteiger partial charge is 0.347 e. The lowest BCUT2D eigenvalue weighted by Crippen LogP contribution is -1.97. The molecule has 0 spiro atoms. The predicted molar refractivity (Wildman–Crippen MR) is 65.0 cm³/mol. The Kier molecular flexibility index (Phi) is 2.98. The van der Waals surface area contributed by atoms with E-state index in [-0.39, 0.29) is 0 Å². The highest BCUT2D eigenvalue weighted by atomic mass is 32.2. The predicted octanol–water partition coefficient (Wildman–Crippen LogP) is 2.88. The van der Waals surface area contributed by atoms with Crippen LogP contribution in [0.2, 0.25) is 0 Å². The van der Waals surface area contributed by atoms with Gasteiger partial charge in [-0.05, 0) is 29.8 Å². The Morgan fingerprint density at radius 3 is 3.00 bits per heavy atom. The molecule has 76 valence electrons. The minimum atomic E-state index is 0.728. The van der Waals surface area contributed by atoms with Crippen LogP contribution >= 0.6 is 11.8 Å². The number of nitrogens with zero attached hydrogens (tertiary/aromatic N) is 2. The number of benzene rings is 1. The molecular weight excluding hydrogens is 204 g/mol. The number of aryl methyl sites for hydroxylation is 1. The van der Waals surface area contributed by atoms with E-state index >= 15 is 0 Å². The SMILES string of the molecule is CSCCn1ccc2ccc(C#N)cc21. The first-order valence-corrected chi connectivity index (χ1v) is 6.22. The van der Waals surface area contributed by atoms with Crippen molar-refractivity contribution in [2.75, 3.05) is 12.0 Å². The fraction of sp³-hybridized carbons (Fsp3) is 0.250. The molecule has 1 heterocycles. The van der Waals surface area contributed by atoms with Crippen LogP contribution in [0, 0.1) is 11.3 Å². The number of hydrogen-bond donors (Lipinski definition) is 0. The van der Waals surface area contributed by atoms with Crippen LogP contribution in [0.5, 0.6) is 0 Å². The van der Waals surface area contributed by atoms with Crippen LogP contribution in [0.25, 0.3) is 10.9 Å². The van der Waals surface area contributed by atoms with E-state index in [0.29, 0.717) is 0 Å². The molecule has 3 heteroatoms. The molecule has 2 nitrogen and oxygen atoms in total. The van der Waals surface area contributed by atoms with Crippen molar-refractivity contribution in [2.45, 2.75) is 6.54 Å². The van der Waals surface area contributed by atoms with Gasteiger partial charge in [0.2, 0.25) is 0 Å². The van der Waals surface area contributed by atoms with Gasteiger partial charge in [0, 0.05) is 24.0 Å². The molecule has 0 saturated carbocycles. The van der Waals surface area contributed by atoms with E-state index in [1.807, 2.05) is 30.0 Å². The standard InChI is InChI=1S/C12H12N2S/c1-15-7-6-14-5-4-11-3-2-10(9-13)8-12(11)14/h2-5,8H,6-7H2,1H3. The molecule has 0 unspecified atom stereocenters. The molecule has 0 saturated heterocycles. The van der Waals surface area contributed by atoms with E-state index < -0.39 is 0 Å². The molecule has 2 aromatic rings. The molecule has 0 aliphatic heterocycles. The quantitative estimate of drug-likeness (QED) is 0.789. The third kappa shape index (κ3) is 2.00. The summed E-state index contributed by atoms with van der Waals surface area (Å²) in [7, 11) is 0. The maximum atomic E-state index is 8.84. The van der Waals surface area contributed by atoms with Crippen molar-refractivity contribution in [3.05, 3.63) is 36.0 Å². The van der Waals surface area contributed by atoms with Gasteiger partial charge in [0.25, 0.3) is 0 Å². The fourth-order valence-electron chi connectivity index (χ4n) is 1.64. The van der Waals surface area contributed by atoms with E-state index in [9.17, 15) is 0 Å². The second kappa shape index (κ2) is 4.41. The van der Waals surface area contributed by atoms with Gasteiger partial charge in [-0.1, -0.05) is 6.07 Å². The average molecular weight is 216 g/mol. The van der Waals surface area contributed by atoms with Crippen molar-refractivity contribution in [3.63, 3.8) is 0 Å². The van der Waals surface area contributed by atoms with Crippen molar-refractivity contribution in [1.29, 1.82) is 5.26 Å². The van der Waals surface area contributed by atoms with Crippen molar-refractivity contribution in [3.8, 4) is 6.07 Å². The first kappa shape index (κ1) is 10.1. The molecular formula is C12H12N2S.